The van der Waals surface area contributed by atoms with Crippen LogP contribution in [0.15, 0.2) is 67.3 Å². The van der Waals surface area contributed by atoms with Gasteiger partial charge in [-0.2, -0.15) is 0 Å². The van der Waals surface area contributed by atoms with E-state index in [-0.39, 0.29) is 12.2 Å². The Morgan fingerprint density at radius 2 is 1.75 bits per heavy atom. The lowest BCUT2D eigenvalue weighted by atomic mass is 10.1. The molecule has 0 spiro atoms. The molecule has 2 atom stereocenters. The molecule has 2 heteroatoms. The molecule has 1 aliphatic heterocycles. The van der Waals surface area contributed by atoms with Gasteiger partial charge in [-0.15, -0.1) is 6.58 Å². The molecule has 2 unspecified atom stereocenters. The van der Waals surface area contributed by atoms with E-state index in [4.69, 9.17) is 9.47 Å². The lowest BCUT2D eigenvalue weighted by Gasteiger charge is -2.10. The Hall–Kier alpha value is -2.06. The largest absolute Gasteiger partial charge is 0.490 e. The van der Waals surface area contributed by atoms with E-state index >= 15 is 0 Å². The fourth-order valence-electron chi connectivity index (χ4n) is 2.32. The third-order valence-corrected chi connectivity index (χ3v) is 3.46. The molecule has 1 aliphatic rings. The molecule has 0 aromatic heterocycles. The van der Waals surface area contributed by atoms with Crippen LogP contribution in [-0.2, 0) is 4.74 Å². The van der Waals surface area contributed by atoms with Gasteiger partial charge in [0.2, 0.25) is 0 Å². The van der Waals surface area contributed by atoms with Crippen LogP contribution in [0, 0.1) is 0 Å². The highest BCUT2D eigenvalue weighted by Gasteiger charge is 2.38. The standard InChI is InChI=1S/C18H18O2/c1-2-8-17-18(20-17)13-19-16-12-7-6-11-15(16)14-9-4-3-5-10-14/h2-7,9-12,17-18H,1,8,13H2. The highest BCUT2D eigenvalue weighted by atomic mass is 16.6. The molecule has 0 bridgehead atoms. The van der Waals surface area contributed by atoms with Gasteiger partial charge in [0.05, 0.1) is 6.10 Å². The van der Waals surface area contributed by atoms with E-state index in [1.54, 1.807) is 0 Å². The molecule has 2 nitrogen and oxygen atoms in total. The number of ether oxygens (including phenoxy) is 2. The van der Waals surface area contributed by atoms with Gasteiger partial charge in [-0.25, -0.2) is 0 Å². The number of hydrogen-bond acceptors (Lipinski definition) is 2. The molecule has 102 valence electrons. The molecule has 0 radical (unpaired) electrons. The summed E-state index contributed by atoms with van der Waals surface area (Å²) < 4.78 is 11.5. The Balaban J connectivity index is 1.70. The first-order valence-electron chi connectivity index (χ1n) is 6.92. The van der Waals surface area contributed by atoms with Crippen LogP contribution in [0.1, 0.15) is 6.42 Å². The summed E-state index contributed by atoms with van der Waals surface area (Å²) in [4.78, 5) is 0. The van der Waals surface area contributed by atoms with Crippen molar-refractivity contribution in [1.82, 2.24) is 0 Å². The van der Waals surface area contributed by atoms with Crippen LogP contribution in [0.5, 0.6) is 5.75 Å². The van der Waals surface area contributed by atoms with E-state index in [2.05, 4.69) is 24.8 Å². The van der Waals surface area contributed by atoms with Gasteiger partial charge >= 0.3 is 0 Å². The zero-order chi connectivity index (χ0) is 13.8. The zero-order valence-corrected chi connectivity index (χ0v) is 11.4. The summed E-state index contributed by atoms with van der Waals surface area (Å²) in [6, 6.07) is 18.4. The van der Waals surface area contributed by atoms with Crippen LogP contribution in [0.4, 0.5) is 0 Å². The average Bonchev–Trinajstić information content (AvgIpc) is 3.25. The second-order valence-corrected chi connectivity index (χ2v) is 4.91. The second-order valence-electron chi connectivity index (χ2n) is 4.91. The van der Waals surface area contributed by atoms with Crippen molar-refractivity contribution in [3.05, 3.63) is 67.3 Å². The Morgan fingerprint density at radius 1 is 1.00 bits per heavy atom. The van der Waals surface area contributed by atoms with Gasteiger partial charge in [0.25, 0.3) is 0 Å². The predicted octanol–water partition coefficient (Wildman–Crippen LogP) is 4.08. The maximum atomic E-state index is 5.93. The molecule has 20 heavy (non-hydrogen) atoms. The third-order valence-electron chi connectivity index (χ3n) is 3.46. The van der Waals surface area contributed by atoms with E-state index in [9.17, 15) is 0 Å². The molecule has 2 aromatic rings. The summed E-state index contributed by atoms with van der Waals surface area (Å²) in [5.41, 5.74) is 2.29. The van der Waals surface area contributed by atoms with Crippen molar-refractivity contribution in [2.75, 3.05) is 6.61 Å². The SMILES string of the molecule is C=CCC1OC1COc1ccccc1-c1ccccc1. The Kier molecular flexibility index (Phi) is 3.84. The minimum atomic E-state index is 0.205. The van der Waals surface area contributed by atoms with E-state index in [0.29, 0.717) is 6.61 Å². The molecule has 0 amide bonds. The quantitative estimate of drug-likeness (QED) is 0.580. The average molecular weight is 266 g/mol. The molecule has 0 N–H and O–H groups in total. The number of hydrogen-bond donors (Lipinski definition) is 0. The third kappa shape index (κ3) is 2.91. The summed E-state index contributed by atoms with van der Waals surface area (Å²) in [6.45, 7) is 4.33. The minimum Gasteiger partial charge on any atom is -0.490 e. The van der Waals surface area contributed by atoms with Crippen molar-refractivity contribution in [2.24, 2.45) is 0 Å². The minimum absolute atomic E-state index is 0.205. The summed E-state index contributed by atoms with van der Waals surface area (Å²) in [5, 5.41) is 0. The fourth-order valence-corrected chi connectivity index (χ4v) is 2.32. The van der Waals surface area contributed by atoms with Gasteiger partial charge in [-0.05, 0) is 18.1 Å². The van der Waals surface area contributed by atoms with Crippen molar-refractivity contribution in [2.45, 2.75) is 18.6 Å². The molecule has 3 rings (SSSR count). The number of epoxide rings is 1. The molecular weight excluding hydrogens is 248 g/mol. The van der Waals surface area contributed by atoms with Gasteiger partial charge < -0.3 is 9.47 Å². The van der Waals surface area contributed by atoms with Crippen LogP contribution >= 0.6 is 0 Å². The first kappa shape index (κ1) is 12.9. The summed E-state index contributed by atoms with van der Waals surface area (Å²) in [6.07, 6.45) is 3.28. The summed E-state index contributed by atoms with van der Waals surface area (Å²) in [5.74, 6) is 0.909. The van der Waals surface area contributed by atoms with E-state index in [0.717, 1.165) is 17.7 Å². The van der Waals surface area contributed by atoms with E-state index in [1.807, 2.05) is 42.5 Å². The van der Waals surface area contributed by atoms with Crippen molar-refractivity contribution < 1.29 is 9.47 Å². The van der Waals surface area contributed by atoms with Crippen LogP contribution in [0.25, 0.3) is 11.1 Å². The first-order valence-corrected chi connectivity index (χ1v) is 6.92. The van der Waals surface area contributed by atoms with Gasteiger partial charge in [-0.1, -0.05) is 54.6 Å². The highest BCUT2D eigenvalue weighted by Crippen LogP contribution is 2.32. The number of rotatable bonds is 6. The Morgan fingerprint density at radius 3 is 2.55 bits per heavy atom. The van der Waals surface area contributed by atoms with Gasteiger partial charge in [-0.3, -0.25) is 0 Å². The molecule has 0 aliphatic carbocycles. The zero-order valence-electron chi connectivity index (χ0n) is 11.4. The van der Waals surface area contributed by atoms with Crippen molar-refractivity contribution in [3.8, 4) is 16.9 Å². The fraction of sp³-hybridized carbons (Fsp3) is 0.222. The summed E-state index contributed by atoms with van der Waals surface area (Å²) >= 11 is 0. The van der Waals surface area contributed by atoms with E-state index < -0.39 is 0 Å². The normalized spacial score (nSPS) is 20.4. The molecule has 2 aromatic carbocycles. The monoisotopic (exact) mass is 266 g/mol. The van der Waals surface area contributed by atoms with Gasteiger partial charge in [0.15, 0.2) is 0 Å². The lowest BCUT2D eigenvalue weighted by Crippen LogP contribution is -2.07. The molecule has 1 saturated heterocycles. The van der Waals surface area contributed by atoms with E-state index in [1.165, 1.54) is 5.56 Å². The number of benzene rings is 2. The van der Waals surface area contributed by atoms with Crippen LogP contribution < -0.4 is 4.74 Å². The topological polar surface area (TPSA) is 21.8 Å². The number of para-hydroxylation sites is 1. The first-order chi connectivity index (χ1) is 9.88. The molecule has 1 heterocycles. The lowest BCUT2D eigenvalue weighted by molar-refractivity contribution is 0.261. The Bertz CT molecular complexity index is 577. The van der Waals surface area contributed by atoms with Crippen molar-refractivity contribution in [1.29, 1.82) is 0 Å². The van der Waals surface area contributed by atoms with Crippen LogP contribution in [-0.4, -0.2) is 18.8 Å². The molecule has 1 fully saturated rings. The maximum Gasteiger partial charge on any atom is 0.127 e. The van der Waals surface area contributed by atoms with Crippen LogP contribution in [0.2, 0.25) is 0 Å². The van der Waals surface area contributed by atoms with Gasteiger partial charge in [0.1, 0.15) is 18.5 Å². The van der Waals surface area contributed by atoms with Crippen molar-refractivity contribution >= 4 is 0 Å². The highest BCUT2D eigenvalue weighted by molar-refractivity contribution is 5.70. The maximum absolute atomic E-state index is 5.93. The second kappa shape index (κ2) is 5.93. The predicted molar refractivity (Wildman–Crippen MR) is 80.8 cm³/mol. The Labute approximate surface area is 119 Å². The molecule has 0 saturated carbocycles. The summed E-state index contributed by atoms with van der Waals surface area (Å²) in [7, 11) is 0. The van der Waals surface area contributed by atoms with Crippen LogP contribution in [0.3, 0.4) is 0 Å². The van der Waals surface area contributed by atoms with Gasteiger partial charge in [0, 0.05) is 5.56 Å². The molecular formula is C18H18O2. The van der Waals surface area contributed by atoms with Crippen molar-refractivity contribution in [3.63, 3.8) is 0 Å². The smallest absolute Gasteiger partial charge is 0.127 e.